The highest BCUT2D eigenvalue weighted by atomic mass is 32.2. The molecule has 2 atom stereocenters. The molecule has 0 aromatic heterocycles. The zero-order valence-corrected chi connectivity index (χ0v) is 16.3. The number of carbonyl (C=O) groups is 1. The zero-order valence-electron chi connectivity index (χ0n) is 15.5. The van der Waals surface area contributed by atoms with Crippen LogP contribution in [0, 0.1) is 5.92 Å². The predicted octanol–water partition coefficient (Wildman–Crippen LogP) is 3.33. The summed E-state index contributed by atoms with van der Waals surface area (Å²) in [5, 5.41) is 0. The minimum Gasteiger partial charge on any atom is -0.312 e. The topological polar surface area (TPSA) is 57.7 Å². The lowest BCUT2D eigenvalue weighted by Gasteiger charge is -2.43. The van der Waals surface area contributed by atoms with Gasteiger partial charge in [0.2, 0.25) is 15.9 Å². The van der Waals surface area contributed by atoms with E-state index in [1.807, 2.05) is 12.1 Å². The lowest BCUT2D eigenvalue weighted by Crippen LogP contribution is -2.49. The molecule has 1 aromatic rings. The van der Waals surface area contributed by atoms with E-state index in [9.17, 15) is 13.2 Å². The number of benzene rings is 1. The van der Waals surface area contributed by atoms with Gasteiger partial charge in [0.15, 0.2) is 0 Å². The van der Waals surface area contributed by atoms with E-state index in [1.165, 1.54) is 6.42 Å². The maximum atomic E-state index is 13.4. The summed E-state index contributed by atoms with van der Waals surface area (Å²) < 4.78 is 28.6. The van der Waals surface area contributed by atoms with Crippen molar-refractivity contribution in [1.29, 1.82) is 0 Å². The maximum absolute atomic E-state index is 13.4. The molecule has 5 nitrogen and oxygen atoms in total. The number of carbonyl (C=O) groups excluding carboxylic acids is 1. The summed E-state index contributed by atoms with van der Waals surface area (Å²) in [6, 6.07) is 5.51. The highest BCUT2D eigenvalue weighted by Gasteiger charge is 2.40. The number of piperidine rings is 1. The van der Waals surface area contributed by atoms with Crippen LogP contribution < -0.4 is 4.90 Å². The molecule has 2 unspecified atom stereocenters. The van der Waals surface area contributed by atoms with Gasteiger partial charge in [-0.3, -0.25) is 4.79 Å². The molecular weight excluding hydrogens is 348 g/mol. The molecule has 0 spiro atoms. The summed E-state index contributed by atoms with van der Waals surface area (Å²) in [7, 11) is -3.47. The third kappa shape index (κ3) is 3.07. The number of nitrogens with zero attached hydrogens (tertiary/aromatic N) is 2. The molecule has 1 aliphatic carbocycles. The molecular formula is C20H28N2O3S. The SMILES string of the molecule is CC(=O)N1CCCc2cc(S(=O)(=O)N3CCCC4CCCCC43)ccc21. The fourth-order valence-corrected chi connectivity index (χ4v) is 6.88. The Morgan fingerprint density at radius 1 is 1.04 bits per heavy atom. The van der Waals surface area contributed by atoms with Gasteiger partial charge in [-0.2, -0.15) is 4.31 Å². The molecule has 0 bridgehead atoms. The summed E-state index contributed by atoms with van der Waals surface area (Å²) in [6.07, 6.45) is 8.35. The van der Waals surface area contributed by atoms with E-state index in [2.05, 4.69) is 0 Å². The minimum atomic E-state index is -3.47. The van der Waals surface area contributed by atoms with Gasteiger partial charge in [0.25, 0.3) is 0 Å². The fraction of sp³-hybridized carbons (Fsp3) is 0.650. The predicted molar refractivity (Wildman–Crippen MR) is 102 cm³/mol. The number of aryl methyl sites for hydroxylation is 1. The molecule has 6 heteroatoms. The van der Waals surface area contributed by atoms with E-state index >= 15 is 0 Å². The van der Waals surface area contributed by atoms with Crippen LogP contribution in [-0.2, 0) is 21.2 Å². The lowest BCUT2D eigenvalue weighted by atomic mass is 9.79. The Morgan fingerprint density at radius 2 is 1.81 bits per heavy atom. The maximum Gasteiger partial charge on any atom is 0.243 e. The monoisotopic (exact) mass is 376 g/mol. The molecule has 2 fully saturated rings. The number of fused-ring (bicyclic) bond motifs is 2. The highest BCUT2D eigenvalue weighted by Crippen LogP contribution is 2.39. The van der Waals surface area contributed by atoms with Crippen LogP contribution in [0.15, 0.2) is 23.1 Å². The molecule has 26 heavy (non-hydrogen) atoms. The number of rotatable bonds is 2. The first-order valence-corrected chi connectivity index (χ1v) is 11.4. The van der Waals surface area contributed by atoms with Crippen LogP contribution in [0.5, 0.6) is 0 Å². The average molecular weight is 377 g/mol. The second-order valence-corrected chi connectivity index (χ2v) is 9.83. The van der Waals surface area contributed by atoms with E-state index in [-0.39, 0.29) is 11.9 Å². The standard InChI is InChI=1S/C20H28N2O3S/c1-15(23)21-12-4-8-17-14-18(10-11-19(17)21)26(24,25)22-13-5-7-16-6-2-3-9-20(16)22/h10-11,14,16,20H,2-9,12-13H2,1H3. The minimum absolute atomic E-state index is 0.0163. The third-order valence-electron chi connectivity index (χ3n) is 6.35. The molecule has 2 heterocycles. The first kappa shape index (κ1) is 18.0. The number of amides is 1. The smallest absolute Gasteiger partial charge is 0.243 e. The van der Waals surface area contributed by atoms with Gasteiger partial charge in [0, 0.05) is 31.7 Å². The molecule has 4 rings (SSSR count). The summed E-state index contributed by atoms with van der Waals surface area (Å²) in [4.78, 5) is 14.0. The Balaban J connectivity index is 1.67. The van der Waals surface area contributed by atoms with Gasteiger partial charge in [0.05, 0.1) is 4.90 Å². The van der Waals surface area contributed by atoms with Gasteiger partial charge in [-0.25, -0.2) is 8.42 Å². The Bertz CT molecular complexity index is 803. The van der Waals surface area contributed by atoms with Crippen molar-refractivity contribution in [2.75, 3.05) is 18.0 Å². The first-order valence-electron chi connectivity index (χ1n) is 9.91. The molecule has 142 valence electrons. The second-order valence-electron chi connectivity index (χ2n) is 7.93. The van der Waals surface area contributed by atoms with Crippen LogP contribution in [0.2, 0.25) is 0 Å². The molecule has 1 saturated carbocycles. The third-order valence-corrected chi connectivity index (χ3v) is 8.27. The Hall–Kier alpha value is -1.40. The van der Waals surface area contributed by atoms with Gasteiger partial charge < -0.3 is 4.90 Å². The van der Waals surface area contributed by atoms with E-state index in [4.69, 9.17) is 0 Å². The zero-order chi connectivity index (χ0) is 18.3. The molecule has 3 aliphatic rings. The van der Waals surface area contributed by atoms with Crippen molar-refractivity contribution in [2.24, 2.45) is 5.92 Å². The molecule has 1 saturated heterocycles. The van der Waals surface area contributed by atoms with Crippen molar-refractivity contribution in [3.05, 3.63) is 23.8 Å². The number of anilines is 1. The number of sulfonamides is 1. The van der Waals surface area contributed by atoms with Gasteiger partial charge in [-0.05, 0) is 68.2 Å². The Labute approximate surface area is 156 Å². The van der Waals surface area contributed by atoms with Crippen LogP contribution in [0.3, 0.4) is 0 Å². The molecule has 1 aromatic carbocycles. The van der Waals surface area contributed by atoms with Crippen molar-refractivity contribution in [3.63, 3.8) is 0 Å². The van der Waals surface area contributed by atoms with Crippen molar-refractivity contribution in [2.45, 2.75) is 69.2 Å². The van der Waals surface area contributed by atoms with Crippen LogP contribution in [0.4, 0.5) is 5.69 Å². The summed E-state index contributed by atoms with van der Waals surface area (Å²) in [6.45, 7) is 2.92. The Morgan fingerprint density at radius 3 is 2.62 bits per heavy atom. The second kappa shape index (κ2) is 6.97. The van der Waals surface area contributed by atoms with E-state index < -0.39 is 10.0 Å². The average Bonchev–Trinajstić information content (AvgIpc) is 2.66. The van der Waals surface area contributed by atoms with Crippen LogP contribution in [0.25, 0.3) is 0 Å². The van der Waals surface area contributed by atoms with E-state index in [0.717, 1.165) is 56.2 Å². The normalized spacial score (nSPS) is 26.9. The van der Waals surface area contributed by atoms with Crippen molar-refractivity contribution in [3.8, 4) is 0 Å². The van der Waals surface area contributed by atoms with Gasteiger partial charge in [0.1, 0.15) is 0 Å². The van der Waals surface area contributed by atoms with Crippen LogP contribution >= 0.6 is 0 Å². The van der Waals surface area contributed by atoms with Gasteiger partial charge in [-0.15, -0.1) is 0 Å². The quantitative estimate of drug-likeness (QED) is 0.795. The largest absolute Gasteiger partial charge is 0.312 e. The summed E-state index contributed by atoms with van der Waals surface area (Å²) in [5.74, 6) is 0.542. The molecule has 0 radical (unpaired) electrons. The molecule has 0 N–H and O–H groups in total. The van der Waals surface area contributed by atoms with Crippen molar-refractivity contribution >= 4 is 21.6 Å². The van der Waals surface area contributed by atoms with E-state index in [1.54, 1.807) is 22.2 Å². The van der Waals surface area contributed by atoms with Crippen molar-refractivity contribution in [1.82, 2.24) is 4.31 Å². The number of hydrogen-bond donors (Lipinski definition) is 0. The fourth-order valence-electron chi connectivity index (χ4n) is 5.07. The van der Waals surface area contributed by atoms with Crippen LogP contribution in [-0.4, -0.2) is 37.8 Å². The summed E-state index contributed by atoms with van der Waals surface area (Å²) >= 11 is 0. The Kier molecular flexibility index (Phi) is 4.82. The molecule has 2 aliphatic heterocycles. The van der Waals surface area contributed by atoms with E-state index in [0.29, 0.717) is 23.9 Å². The highest BCUT2D eigenvalue weighted by molar-refractivity contribution is 7.89. The van der Waals surface area contributed by atoms with Gasteiger partial charge in [-0.1, -0.05) is 12.8 Å². The van der Waals surface area contributed by atoms with Gasteiger partial charge >= 0.3 is 0 Å². The first-order chi connectivity index (χ1) is 12.5. The van der Waals surface area contributed by atoms with Crippen LogP contribution in [0.1, 0.15) is 57.4 Å². The number of hydrogen-bond acceptors (Lipinski definition) is 3. The van der Waals surface area contributed by atoms with Crippen molar-refractivity contribution < 1.29 is 13.2 Å². The lowest BCUT2D eigenvalue weighted by molar-refractivity contribution is -0.116. The summed E-state index contributed by atoms with van der Waals surface area (Å²) in [5.41, 5.74) is 1.85. The molecule has 1 amide bonds.